The van der Waals surface area contributed by atoms with Crippen molar-refractivity contribution in [2.75, 3.05) is 39.8 Å². The summed E-state index contributed by atoms with van der Waals surface area (Å²) < 4.78 is 5.02. The molecule has 0 saturated carbocycles. The molecule has 6 nitrogen and oxygen atoms in total. The molecule has 150 valence electrons. The summed E-state index contributed by atoms with van der Waals surface area (Å²) in [6, 6.07) is 6.63. The molecule has 2 unspecified atom stereocenters. The first-order valence-electron chi connectivity index (χ1n) is 9.43. The van der Waals surface area contributed by atoms with Crippen LogP contribution in [0.25, 0.3) is 0 Å². The summed E-state index contributed by atoms with van der Waals surface area (Å²) >= 11 is 6.32. The molecule has 1 amide bonds. The molecule has 2 atom stereocenters. The van der Waals surface area contributed by atoms with Gasteiger partial charge < -0.3 is 10.1 Å². The van der Waals surface area contributed by atoms with Gasteiger partial charge in [-0.3, -0.25) is 14.6 Å². The molecule has 1 fully saturated rings. The molecule has 0 aliphatic carbocycles. The molecule has 1 saturated heterocycles. The summed E-state index contributed by atoms with van der Waals surface area (Å²) in [5.41, 5.74) is 0.752. The molecule has 1 N–H and O–H groups in total. The smallest absolute Gasteiger partial charge is 0.327 e. The van der Waals surface area contributed by atoms with Crippen molar-refractivity contribution >= 4 is 23.5 Å². The number of nitrogens with one attached hydrogen (secondary N) is 1. The van der Waals surface area contributed by atoms with Gasteiger partial charge in [0.05, 0.1) is 13.2 Å². The fourth-order valence-electron chi connectivity index (χ4n) is 3.28. The number of carbonyl (C=O) groups excluding carboxylic acids is 2. The number of hydrogen-bond acceptors (Lipinski definition) is 5. The van der Waals surface area contributed by atoms with E-state index in [0.29, 0.717) is 43.7 Å². The Balaban J connectivity index is 2.02. The predicted molar refractivity (Wildman–Crippen MR) is 107 cm³/mol. The highest BCUT2D eigenvalue weighted by atomic mass is 35.5. The van der Waals surface area contributed by atoms with Gasteiger partial charge >= 0.3 is 5.97 Å². The third-order valence-electron chi connectivity index (χ3n) is 4.95. The molecule has 1 aromatic carbocycles. The Kier molecular flexibility index (Phi) is 8.07. The first-order valence-corrected chi connectivity index (χ1v) is 9.81. The molecule has 0 radical (unpaired) electrons. The van der Waals surface area contributed by atoms with Crippen molar-refractivity contribution < 1.29 is 14.3 Å². The maximum atomic E-state index is 12.4. The minimum absolute atomic E-state index is 0.0489. The SMILES string of the molecule is COC(=O)C(c1ccccc1Cl)N1CCN(C(C)C(=O)NCC(C)C)CC1. The van der Waals surface area contributed by atoms with Gasteiger partial charge in [-0.15, -0.1) is 0 Å². The van der Waals surface area contributed by atoms with E-state index in [2.05, 4.69) is 29.0 Å². The van der Waals surface area contributed by atoms with Crippen LogP contribution < -0.4 is 5.32 Å². The van der Waals surface area contributed by atoms with Crippen LogP contribution in [0.4, 0.5) is 0 Å². The number of benzene rings is 1. The fraction of sp³-hybridized carbons (Fsp3) is 0.600. The largest absolute Gasteiger partial charge is 0.468 e. The minimum Gasteiger partial charge on any atom is -0.468 e. The standard InChI is InChI=1S/C20H30ClN3O3/c1-14(2)13-22-19(25)15(3)23-9-11-24(12-10-23)18(20(26)27-4)16-7-5-6-8-17(16)21/h5-8,14-15,18H,9-13H2,1-4H3,(H,22,25). The van der Waals surface area contributed by atoms with Crippen LogP contribution in [0.15, 0.2) is 24.3 Å². The molecule has 0 aromatic heterocycles. The highest BCUT2D eigenvalue weighted by Crippen LogP contribution is 2.29. The Labute approximate surface area is 166 Å². The summed E-state index contributed by atoms with van der Waals surface area (Å²) in [5.74, 6) is 0.154. The van der Waals surface area contributed by atoms with E-state index in [1.807, 2.05) is 25.1 Å². The lowest BCUT2D eigenvalue weighted by Crippen LogP contribution is -2.55. The number of piperazine rings is 1. The number of halogens is 1. The third-order valence-corrected chi connectivity index (χ3v) is 5.29. The first kappa shape index (κ1) is 21.7. The second kappa shape index (κ2) is 10.1. The number of hydrogen-bond donors (Lipinski definition) is 1. The molecule has 1 aromatic rings. The highest BCUT2D eigenvalue weighted by Gasteiger charge is 2.34. The third kappa shape index (κ3) is 5.67. The number of carbonyl (C=O) groups is 2. The normalized spacial score (nSPS) is 18.1. The summed E-state index contributed by atoms with van der Waals surface area (Å²) in [6.07, 6.45) is 0. The van der Waals surface area contributed by atoms with Gasteiger partial charge in [0.25, 0.3) is 0 Å². The van der Waals surface area contributed by atoms with Crippen LogP contribution in [0.3, 0.4) is 0 Å². The van der Waals surface area contributed by atoms with Gasteiger partial charge in [-0.2, -0.15) is 0 Å². The van der Waals surface area contributed by atoms with E-state index in [4.69, 9.17) is 16.3 Å². The van der Waals surface area contributed by atoms with Crippen LogP contribution in [-0.4, -0.2) is 67.6 Å². The molecule has 0 spiro atoms. The van der Waals surface area contributed by atoms with Gasteiger partial charge in [0.1, 0.15) is 6.04 Å². The van der Waals surface area contributed by atoms with Crippen molar-refractivity contribution in [1.82, 2.24) is 15.1 Å². The number of amides is 1. The number of methoxy groups -OCH3 is 1. The Morgan fingerprint density at radius 2 is 1.70 bits per heavy atom. The van der Waals surface area contributed by atoms with E-state index >= 15 is 0 Å². The van der Waals surface area contributed by atoms with Gasteiger partial charge in [0.2, 0.25) is 5.91 Å². The molecule has 0 bridgehead atoms. The number of nitrogens with zero attached hydrogens (tertiary/aromatic N) is 2. The average Bonchev–Trinajstić information content (AvgIpc) is 2.67. The zero-order chi connectivity index (χ0) is 20.0. The molecular formula is C20H30ClN3O3. The van der Waals surface area contributed by atoms with Crippen molar-refractivity contribution in [1.29, 1.82) is 0 Å². The van der Waals surface area contributed by atoms with Crippen molar-refractivity contribution in [3.63, 3.8) is 0 Å². The van der Waals surface area contributed by atoms with Crippen molar-refractivity contribution in [3.05, 3.63) is 34.9 Å². The zero-order valence-corrected chi connectivity index (χ0v) is 17.3. The van der Waals surface area contributed by atoms with Gasteiger partial charge in [0, 0.05) is 37.7 Å². The van der Waals surface area contributed by atoms with Crippen LogP contribution in [0.5, 0.6) is 0 Å². The monoisotopic (exact) mass is 395 g/mol. The topological polar surface area (TPSA) is 61.9 Å². The van der Waals surface area contributed by atoms with E-state index in [-0.39, 0.29) is 17.9 Å². The maximum Gasteiger partial charge on any atom is 0.327 e. The molecule has 1 aliphatic rings. The lowest BCUT2D eigenvalue weighted by molar-refractivity contribution is -0.148. The fourth-order valence-corrected chi connectivity index (χ4v) is 3.52. The van der Waals surface area contributed by atoms with Crippen LogP contribution >= 0.6 is 11.6 Å². The van der Waals surface area contributed by atoms with E-state index < -0.39 is 6.04 Å². The van der Waals surface area contributed by atoms with E-state index in [9.17, 15) is 9.59 Å². The second-order valence-electron chi connectivity index (χ2n) is 7.33. The minimum atomic E-state index is -0.532. The molecule has 7 heteroatoms. The summed E-state index contributed by atoms with van der Waals surface area (Å²) in [5, 5.41) is 3.54. The zero-order valence-electron chi connectivity index (χ0n) is 16.6. The molecule has 2 rings (SSSR count). The Morgan fingerprint density at radius 3 is 2.26 bits per heavy atom. The van der Waals surface area contributed by atoms with E-state index in [1.54, 1.807) is 6.07 Å². The van der Waals surface area contributed by atoms with Crippen LogP contribution in [0.1, 0.15) is 32.4 Å². The van der Waals surface area contributed by atoms with E-state index in [0.717, 1.165) is 5.56 Å². The second-order valence-corrected chi connectivity index (χ2v) is 7.74. The lowest BCUT2D eigenvalue weighted by atomic mass is 10.0. The Hall–Kier alpha value is -1.63. The van der Waals surface area contributed by atoms with E-state index in [1.165, 1.54) is 7.11 Å². The molecule has 1 aliphatic heterocycles. The number of rotatable bonds is 7. The number of esters is 1. The Morgan fingerprint density at radius 1 is 1.11 bits per heavy atom. The lowest BCUT2D eigenvalue weighted by Gasteiger charge is -2.40. The predicted octanol–water partition coefficient (Wildman–Crippen LogP) is 2.33. The molecule has 27 heavy (non-hydrogen) atoms. The van der Waals surface area contributed by atoms with Gasteiger partial charge in [-0.25, -0.2) is 4.79 Å². The molecular weight excluding hydrogens is 366 g/mol. The first-order chi connectivity index (χ1) is 12.8. The van der Waals surface area contributed by atoms with Gasteiger partial charge in [-0.05, 0) is 24.5 Å². The summed E-state index contributed by atoms with van der Waals surface area (Å²) in [6.45, 7) is 9.48. The quantitative estimate of drug-likeness (QED) is 0.718. The number of ether oxygens (including phenoxy) is 1. The van der Waals surface area contributed by atoms with Gasteiger partial charge in [-0.1, -0.05) is 43.6 Å². The van der Waals surface area contributed by atoms with Crippen molar-refractivity contribution in [2.24, 2.45) is 5.92 Å². The highest BCUT2D eigenvalue weighted by molar-refractivity contribution is 6.31. The molecule has 1 heterocycles. The average molecular weight is 396 g/mol. The summed E-state index contributed by atoms with van der Waals surface area (Å²) in [7, 11) is 1.39. The van der Waals surface area contributed by atoms with Crippen LogP contribution in [-0.2, 0) is 14.3 Å². The Bertz CT molecular complexity index is 645. The van der Waals surface area contributed by atoms with Crippen LogP contribution in [0.2, 0.25) is 5.02 Å². The summed E-state index contributed by atoms with van der Waals surface area (Å²) in [4.78, 5) is 29.0. The van der Waals surface area contributed by atoms with Gasteiger partial charge in [0.15, 0.2) is 0 Å². The van der Waals surface area contributed by atoms with Crippen molar-refractivity contribution in [2.45, 2.75) is 32.9 Å². The maximum absolute atomic E-state index is 12.4. The van der Waals surface area contributed by atoms with Crippen LogP contribution in [0, 0.1) is 5.92 Å². The van der Waals surface area contributed by atoms with Crippen molar-refractivity contribution in [3.8, 4) is 0 Å².